The zero-order valence-electron chi connectivity index (χ0n) is 19.4. The minimum atomic E-state index is -0.221. The Labute approximate surface area is 185 Å². The van der Waals surface area contributed by atoms with Crippen LogP contribution in [0.25, 0.3) is 0 Å². The van der Waals surface area contributed by atoms with Gasteiger partial charge in [-0.25, -0.2) is 4.39 Å². The average molecular weight is 431 g/mol. The number of halogens is 1. The number of methoxy groups -OCH3 is 1. The Morgan fingerprint density at radius 2 is 2.06 bits per heavy atom. The van der Waals surface area contributed by atoms with Crippen LogP contribution in [0.1, 0.15) is 42.4 Å². The van der Waals surface area contributed by atoms with Crippen molar-refractivity contribution in [2.24, 2.45) is 11.8 Å². The second-order valence-corrected chi connectivity index (χ2v) is 9.00. The molecule has 0 unspecified atom stereocenters. The van der Waals surface area contributed by atoms with Crippen molar-refractivity contribution in [2.75, 3.05) is 39.9 Å². The summed E-state index contributed by atoms with van der Waals surface area (Å²) in [5.74, 6) is 2.09. The van der Waals surface area contributed by atoms with Crippen LogP contribution in [0.5, 0.6) is 0 Å². The number of carbonyl (C=O) groups is 1. The fraction of sp³-hybridized carbons (Fsp3) is 0.560. The van der Waals surface area contributed by atoms with E-state index in [4.69, 9.17) is 9.15 Å². The third kappa shape index (κ3) is 5.95. The first-order chi connectivity index (χ1) is 14.8. The molecule has 31 heavy (non-hydrogen) atoms. The molecule has 6 heteroatoms. The van der Waals surface area contributed by atoms with E-state index in [1.807, 2.05) is 31.7 Å². The first-order valence-electron chi connectivity index (χ1n) is 11.1. The number of hydrogen-bond acceptors (Lipinski definition) is 4. The third-order valence-electron chi connectivity index (χ3n) is 6.22. The highest BCUT2D eigenvalue weighted by atomic mass is 19.1. The molecular weight excluding hydrogens is 395 g/mol. The smallest absolute Gasteiger partial charge is 0.225 e. The number of rotatable bonds is 9. The summed E-state index contributed by atoms with van der Waals surface area (Å²) in [4.78, 5) is 17.1. The van der Waals surface area contributed by atoms with Gasteiger partial charge in [0, 0.05) is 45.1 Å². The predicted octanol–water partition coefficient (Wildman–Crippen LogP) is 4.38. The van der Waals surface area contributed by atoms with Gasteiger partial charge in [-0.05, 0) is 49.1 Å². The van der Waals surface area contributed by atoms with Gasteiger partial charge in [0.25, 0.3) is 0 Å². The standard InChI is InChI=1S/C25H35FN2O3/c1-17(2)25(29)28(9-10-30-5)14-21-13-27(15-23-11-18(3)19(4)31-23)16-24(21)20-7-6-8-22(26)12-20/h6-8,11-12,17,21,24H,9-10,13-16H2,1-5H3/t21-,24-/m1/s1. The fourth-order valence-corrected chi connectivity index (χ4v) is 4.48. The minimum absolute atomic E-state index is 0.0731. The first kappa shape index (κ1) is 23.5. The summed E-state index contributed by atoms with van der Waals surface area (Å²) in [5.41, 5.74) is 2.14. The number of furan rings is 1. The lowest BCUT2D eigenvalue weighted by Gasteiger charge is -2.29. The summed E-state index contributed by atoms with van der Waals surface area (Å²) < 4.78 is 25.1. The molecule has 0 bridgehead atoms. The normalized spacial score (nSPS) is 19.3. The second-order valence-electron chi connectivity index (χ2n) is 9.00. The average Bonchev–Trinajstić information content (AvgIpc) is 3.26. The van der Waals surface area contributed by atoms with Crippen molar-refractivity contribution < 1.29 is 18.3 Å². The third-order valence-corrected chi connectivity index (χ3v) is 6.22. The van der Waals surface area contributed by atoms with E-state index < -0.39 is 0 Å². The SMILES string of the molecule is COCCN(C[C@H]1CN(Cc2cc(C)c(C)o2)C[C@@H]1c1cccc(F)c1)C(=O)C(C)C. The van der Waals surface area contributed by atoms with Gasteiger partial charge in [0.05, 0.1) is 13.2 Å². The Morgan fingerprint density at radius 1 is 1.29 bits per heavy atom. The summed E-state index contributed by atoms with van der Waals surface area (Å²) in [5, 5.41) is 0. The monoisotopic (exact) mass is 430 g/mol. The Morgan fingerprint density at radius 3 is 2.68 bits per heavy atom. The second kappa shape index (κ2) is 10.4. The highest BCUT2D eigenvalue weighted by Crippen LogP contribution is 2.35. The van der Waals surface area contributed by atoms with E-state index in [2.05, 4.69) is 17.9 Å². The van der Waals surface area contributed by atoms with Crippen LogP contribution in [-0.4, -0.2) is 55.6 Å². The van der Waals surface area contributed by atoms with Crippen molar-refractivity contribution in [3.8, 4) is 0 Å². The summed E-state index contributed by atoms with van der Waals surface area (Å²) in [7, 11) is 1.65. The topological polar surface area (TPSA) is 45.9 Å². The van der Waals surface area contributed by atoms with Crippen molar-refractivity contribution in [1.29, 1.82) is 0 Å². The van der Waals surface area contributed by atoms with Gasteiger partial charge in [-0.3, -0.25) is 9.69 Å². The number of ether oxygens (including phenoxy) is 1. The molecule has 2 heterocycles. The number of likely N-dealkylation sites (tertiary alicyclic amines) is 1. The van der Waals surface area contributed by atoms with E-state index in [1.165, 1.54) is 6.07 Å². The van der Waals surface area contributed by atoms with Crippen LogP contribution in [0.3, 0.4) is 0 Å². The number of amides is 1. The maximum Gasteiger partial charge on any atom is 0.225 e. The molecule has 1 amide bonds. The quantitative estimate of drug-likeness (QED) is 0.592. The van der Waals surface area contributed by atoms with Gasteiger partial charge in [0.15, 0.2) is 0 Å². The Balaban J connectivity index is 1.81. The van der Waals surface area contributed by atoms with Crippen LogP contribution >= 0.6 is 0 Å². The lowest BCUT2D eigenvalue weighted by Crippen LogP contribution is -2.41. The molecule has 1 fully saturated rings. The van der Waals surface area contributed by atoms with Crippen molar-refractivity contribution in [3.63, 3.8) is 0 Å². The maximum atomic E-state index is 14.0. The zero-order valence-corrected chi connectivity index (χ0v) is 19.4. The molecule has 1 saturated heterocycles. The van der Waals surface area contributed by atoms with Crippen LogP contribution in [0, 0.1) is 31.5 Å². The summed E-state index contributed by atoms with van der Waals surface area (Å²) in [6.45, 7) is 11.9. The van der Waals surface area contributed by atoms with E-state index >= 15 is 0 Å². The lowest BCUT2D eigenvalue weighted by atomic mass is 9.88. The van der Waals surface area contributed by atoms with Gasteiger partial charge in [-0.15, -0.1) is 0 Å². The Bertz CT molecular complexity index is 860. The molecule has 1 aromatic heterocycles. The molecule has 1 aromatic carbocycles. The van der Waals surface area contributed by atoms with Gasteiger partial charge in [0.1, 0.15) is 17.3 Å². The predicted molar refractivity (Wildman–Crippen MR) is 119 cm³/mol. The van der Waals surface area contributed by atoms with Gasteiger partial charge >= 0.3 is 0 Å². The van der Waals surface area contributed by atoms with E-state index in [0.29, 0.717) is 26.2 Å². The lowest BCUT2D eigenvalue weighted by molar-refractivity contribution is -0.135. The minimum Gasteiger partial charge on any atom is -0.465 e. The highest BCUT2D eigenvalue weighted by Gasteiger charge is 2.36. The van der Waals surface area contributed by atoms with E-state index in [9.17, 15) is 9.18 Å². The molecule has 170 valence electrons. The van der Waals surface area contributed by atoms with Crippen molar-refractivity contribution in [2.45, 2.75) is 40.2 Å². The van der Waals surface area contributed by atoms with Crippen LogP contribution in [0.2, 0.25) is 0 Å². The van der Waals surface area contributed by atoms with Gasteiger partial charge < -0.3 is 14.1 Å². The first-order valence-corrected chi connectivity index (χ1v) is 11.1. The van der Waals surface area contributed by atoms with Crippen LogP contribution in [0.4, 0.5) is 4.39 Å². The number of benzene rings is 1. The molecule has 5 nitrogen and oxygen atoms in total. The Kier molecular flexibility index (Phi) is 7.89. The van der Waals surface area contributed by atoms with E-state index in [0.717, 1.165) is 35.7 Å². The zero-order chi connectivity index (χ0) is 22.5. The van der Waals surface area contributed by atoms with Crippen LogP contribution in [0.15, 0.2) is 34.7 Å². The van der Waals surface area contributed by atoms with Gasteiger partial charge in [-0.2, -0.15) is 0 Å². The van der Waals surface area contributed by atoms with Gasteiger partial charge in [0.2, 0.25) is 5.91 Å². The molecule has 0 saturated carbocycles. The molecule has 0 aliphatic carbocycles. The number of carbonyl (C=O) groups excluding carboxylic acids is 1. The van der Waals surface area contributed by atoms with Crippen LogP contribution < -0.4 is 0 Å². The summed E-state index contributed by atoms with van der Waals surface area (Å²) in [6.07, 6.45) is 0. The molecule has 2 aromatic rings. The van der Waals surface area contributed by atoms with Crippen molar-refractivity contribution in [1.82, 2.24) is 9.80 Å². The molecule has 0 radical (unpaired) electrons. The molecule has 0 N–H and O–H groups in total. The van der Waals surface area contributed by atoms with Crippen molar-refractivity contribution >= 4 is 5.91 Å². The van der Waals surface area contributed by atoms with E-state index in [1.54, 1.807) is 19.2 Å². The largest absolute Gasteiger partial charge is 0.465 e. The maximum absolute atomic E-state index is 14.0. The van der Waals surface area contributed by atoms with E-state index in [-0.39, 0.29) is 29.5 Å². The fourth-order valence-electron chi connectivity index (χ4n) is 4.48. The summed E-state index contributed by atoms with van der Waals surface area (Å²) >= 11 is 0. The van der Waals surface area contributed by atoms with Crippen molar-refractivity contribution in [3.05, 3.63) is 58.8 Å². The molecule has 2 atom stereocenters. The molecule has 3 rings (SSSR count). The molecule has 1 aliphatic heterocycles. The molecule has 1 aliphatic rings. The number of hydrogen-bond donors (Lipinski definition) is 0. The summed E-state index contributed by atoms with van der Waals surface area (Å²) in [6, 6.07) is 8.97. The Hall–Kier alpha value is -2.18. The highest BCUT2D eigenvalue weighted by molar-refractivity contribution is 5.78. The molecule has 0 spiro atoms. The number of nitrogens with zero attached hydrogens (tertiary/aromatic N) is 2. The molecular formula is C25H35FN2O3. The number of aryl methyl sites for hydroxylation is 2. The van der Waals surface area contributed by atoms with Gasteiger partial charge in [-0.1, -0.05) is 26.0 Å². The van der Waals surface area contributed by atoms with Crippen LogP contribution in [-0.2, 0) is 16.1 Å².